The van der Waals surface area contributed by atoms with Crippen LogP contribution >= 0.6 is 0 Å². The maximum Gasteiger partial charge on any atom is 0.222 e. The first-order valence-corrected chi connectivity index (χ1v) is 17.9. The van der Waals surface area contributed by atoms with Crippen molar-refractivity contribution in [3.05, 3.63) is 0 Å². The Balaban J connectivity index is 0. The standard InChI is InChI=1S/C34H67N5O4.C4H10/c1-24(34(13,14)29(38-23-40)32(8,9)10)39(20-18-30(2,3)4)19-16-27(42)37-22-36-26(41)15-17-33(11,12)21-25(28(35)43)31(5,6)7;1-3-4-2/h23-25,29H,15-22H2,1-14H3,(H2,35,43)(H,36,41)(H,37,42)(H,38,40);3-4H2,1-2H3. The number of nitrogens with two attached hydrogens (primary N) is 1. The van der Waals surface area contributed by atoms with Gasteiger partial charge in [-0.25, -0.2) is 0 Å². The quantitative estimate of drug-likeness (QED) is 0.0867. The van der Waals surface area contributed by atoms with E-state index in [0.29, 0.717) is 32.2 Å². The zero-order valence-electron chi connectivity index (χ0n) is 33.5. The third-order valence-corrected chi connectivity index (χ3v) is 9.49. The van der Waals surface area contributed by atoms with Crippen LogP contribution in [0.25, 0.3) is 0 Å². The lowest BCUT2D eigenvalue weighted by Crippen LogP contribution is -2.58. The van der Waals surface area contributed by atoms with E-state index in [1.54, 1.807) is 0 Å². The van der Waals surface area contributed by atoms with Gasteiger partial charge in [-0.15, -0.1) is 0 Å². The van der Waals surface area contributed by atoms with Gasteiger partial charge in [0.05, 0.1) is 6.67 Å². The van der Waals surface area contributed by atoms with E-state index in [4.69, 9.17) is 5.73 Å². The first kappa shape index (κ1) is 47.0. The molecule has 0 aliphatic carbocycles. The summed E-state index contributed by atoms with van der Waals surface area (Å²) in [6, 6.07) is 0.0311. The van der Waals surface area contributed by atoms with Crippen LogP contribution in [0.5, 0.6) is 0 Å². The average molecular weight is 668 g/mol. The number of carbonyl (C=O) groups excluding carboxylic acids is 4. The molecule has 3 atom stereocenters. The van der Waals surface area contributed by atoms with Crippen LogP contribution in [0.15, 0.2) is 0 Å². The normalized spacial score (nSPS) is 14.7. The van der Waals surface area contributed by atoms with Crippen molar-refractivity contribution in [2.75, 3.05) is 19.8 Å². The molecular formula is C38H77N5O4. The fourth-order valence-electron chi connectivity index (χ4n) is 5.94. The summed E-state index contributed by atoms with van der Waals surface area (Å²) in [5.41, 5.74) is 4.92. The van der Waals surface area contributed by atoms with E-state index in [9.17, 15) is 19.2 Å². The van der Waals surface area contributed by atoms with Gasteiger partial charge in [0.25, 0.3) is 0 Å². The van der Waals surface area contributed by atoms with Gasteiger partial charge < -0.3 is 21.7 Å². The number of rotatable bonds is 19. The molecule has 9 heteroatoms. The Kier molecular flexibility index (Phi) is 20.4. The van der Waals surface area contributed by atoms with Crippen molar-refractivity contribution in [2.24, 2.45) is 38.7 Å². The predicted molar refractivity (Wildman–Crippen MR) is 197 cm³/mol. The highest BCUT2D eigenvalue weighted by molar-refractivity contribution is 5.79. The first-order chi connectivity index (χ1) is 21.2. The topological polar surface area (TPSA) is 134 Å². The lowest BCUT2D eigenvalue weighted by molar-refractivity contribution is -0.126. The second-order valence-electron chi connectivity index (χ2n) is 18.2. The lowest BCUT2D eigenvalue weighted by atomic mass is 9.67. The highest BCUT2D eigenvalue weighted by Gasteiger charge is 2.43. The third kappa shape index (κ3) is 20.1. The molecule has 0 radical (unpaired) electrons. The third-order valence-electron chi connectivity index (χ3n) is 9.49. The highest BCUT2D eigenvalue weighted by atomic mass is 16.2. The van der Waals surface area contributed by atoms with E-state index in [2.05, 4.69) is 111 Å². The van der Waals surface area contributed by atoms with E-state index in [1.165, 1.54) is 12.8 Å². The molecular weight excluding hydrogens is 590 g/mol. The molecule has 0 bridgehead atoms. The van der Waals surface area contributed by atoms with Crippen molar-refractivity contribution in [1.82, 2.24) is 20.9 Å². The molecule has 9 nitrogen and oxygen atoms in total. The number of nitrogens with one attached hydrogen (secondary N) is 3. The van der Waals surface area contributed by atoms with Crippen LogP contribution < -0.4 is 21.7 Å². The summed E-state index contributed by atoms with van der Waals surface area (Å²) in [7, 11) is 0. The van der Waals surface area contributed by atoms with Gasteiger partial charge in [-0.3, -0.25) is 24.1 Å². The average Bonchev–Trinajstić information content (AvgIpc) is 2.91. The number of nitrogens with zero attached hydrogens (tertiary/aromatic N) is 1. The maximum atomic E-state index is 12.8. The van der Waals surface area contributed by atoms with E-state index < -0.39 is 0 Å². The number of amides is 4. The van der Waals surface area contributed by atoms with Crippen LogP contribution in [0.2, 0.25) is 0 Å². The minimum atomic E-state index is -0.311. The Hall–Kier alpha value is -2.16. The molecule has 278 valence electrons. The van der Waals surface area contributed by atoms with Crippen molar-refractivity contribution in [3.8, 4) is 0 Å². The summed E-state index contributed by atoms with van der Waals surface area (Å²) in [6.07, 6.45) is 6.22. The molecule has 0 aromatic rings. The molecule has 0 saturated carbocycles. The van der Waals surface area contributed by atoms with Crippen LogP contribution in [0, 0.1) is 33.0 Å². The Bertz CT molecular complexity index is 939. The molecule has 0 rings (SSSR count). The fourth-order valence-corrected chi connectivity index (χ4v) is 5.94. The van der Waals surface area contributed by atoms with Crippen molar-refractivity contribution >= 4 is 24.1 Å². The van der Waals surface area contributed by atoms with Crippen molar-refractivity contribution in [2.45, 2.75) is 168 Å². The zero-order valence-corrected chi connectivity index (χ0v) is 33.5. The van der Waals surface area contributed by atoms with E-state index in [0.717, 1.165) is 19.4 Å². The summed E-state index contributed by atoms with van der Waals surface area (Å²) in [5.74, 6) is -0.854. The van der Waals surface area contributed by atoms with Gasteiger partial charge >= 0.3 is 0 Å². The molecule has 3 unspecified atom stereocenters. The van der Waals surface area contributed by atoms with Crippen molar-refractivity contribution < 1.29 is 19.2 Å². The van der Waals surface area contributed by atoms with Crippen LogP contribution in [0.1, 0.15) is 156 Å². The monoisotopic (exact) mass is 668 g/mol. The van der Waals surface area contributed by atoms with E-state index in [-0.39, 0.29) is 69.5 Å². The predicted octanol–water partition coefficient (Wildman–Crippen LogP) is 7.03. The van der Waals surface area contributed by atoms with Crippen molar-refractivity contribution in [1.29, 1.82) is 0 Å². The summed E-state index contributed by atoms with van der Waals surface area (Å²) >= 11 is 0. The minimum Gasteiger partial charge on any atom is -0.369 e. The van der Waals surface area contributed by atoms with Gasteiger partial charge in [0.1, 0.15) is 0 Å². The highest BCUT2D eigenvalue weighted by Crippen LogP contribution is 2.40. The summed E-state index contributed by atoms with van der Waals surface area (Å²) in [5, 5.41) is 8.70. The Morgan fingerprint density at radius 1 is 0.745 bits per heavy atom. The second-order valence-corrected chi connectivity index (χ2v) is 18.2. The fraction of sp³-hybridized carbons (Fsp3) is 0.895. The molecule has 0 spiro atoms. The minimum absolute atomic E-state index is 0.0613. The molecule has 0 aromatic heterocycles. The molecule has 0 fully saturated rings. The molecule has 4 amide bonds. The van der Waals surface area contributed by atoms with Crippen LogP contribution in [0.4, 0.5) is 0 Å². The Morgan fingerprint density at radius 2 is 1.23 bits per heavy atom. The van der Waals surface area contributed by atoms with Crippen LogP contribution in [0.3, 0.4) is 0 Å². The number of hydrogen-bond donors (Lipinski definition) is 4. The van der Waals surface area contributed by atoms with Gasteiger partial charge in [-0.1, -0.05) is 117 Å². The van der Waals surface area contributed by atoms with Crippen LogP contribution in [-0.4, -0.2) is 60.9 Å². The molecule has 0 aliphatic heterocycles. The molecule has 47 heavy (non-hydrogen) atoms. The summed E-state index contributed by atoms with van der Waals surface area (Å²) < 4.78 is 0. The molecule has 0 aromatic carbocycles. The maximum absolute atomic E-state index is 12.8. The first-order valence-electron chi connectivity index (χ1n) is 17.9. The summed E-state index contributed by atoms with van der Waals surface area (Å²) in [6.45, 7) is 35.5. The van der Waals surface area contributed by atoms with Crippen LogP contribution in [-0.2, 0) is 19.2 Å². The molecule has 0 saturated heterocycles. The van der Waals surface area contributed by atoms with Gasteiger partial charge in [0.2, 0.25) is 24.1 Å². The van der Waals surface area contributed by atoms with Gasteiger partial charge in [0.15, 0.2) is 0 Å². The van der Waals surface area contributed by atoms with E-state index in [1.807, 2.05) is 20.8 Å². The number of unbranched alkanes of at least 4 members (excludes halogenated alkanes) is 1. The zero-order chi connectivity index (χ0) is 37.4. The molecule has 0 heterocycles. The Morgan fingerprint density at radius 3 is 1.62 bits per heavy atom. The van der Waals surface area contributed by atoms with Gasteiger partial charge in [0, 0.05) is 42.8 Å². The Labute approximate surface area is 290 Å². The SMILES string of the molecule is CC(N(CCC(=O)NCNC(=O)CCC(C)(C)CC(C(N)=O)C(C)(C)C)CCC(C)(C)C)C(C)(C)C(NC=O)C(C)(C)C.CCCC. The number of hydrogen-bond acceptors (Lipinski definition) is 5. The van der Waals surface area contributed by atoms with Crippen molar-refractivity contribution in [3.63, 3.8) is 0 Å². The largest absolute Gasteiger partial charge is 0.369 e. The van der Waals surface area contributed by atoms with E-state index >= 15 is 0 Å². The van der Waals surface area contributed by atoms with Gasteiger partial charge in [-0.2, -0.15) is 0 Å². The lowest BCUT2D eigenvalue weighted by Gasteiger charge is -2.49. The smallest absolute Gasteiger partial charge is 0.222 e. The number of carbonyl (C=O) groups is 4. The molecule has 5 N–H and O–H groups in total. The second kappa shape index (κ2) is 20.4. The summed E-state index contributed by atoms with van der Waals surface area (Å²) in [4.78, 5) is 51.2. The molecule has 0 aliphatic rings. The number of primary amides is 1. The van der Waals surface area contributed by atoms with Gasteiger partial charge in [-0.05, 0) is 54.4 Å².